The van der Waals surface area contributed by atoms with E-state index < -0.39 is 48.1 Å². The van der Waals surface area contributed by atoms with Gasteiger partial charge in [0, 0.05) is 25.3 Å². The van der Waals surface area contributed by atoms with Gasteiger partial charge in [-0.05, 0) is 13.8 Å². The highest BCUT2D eigenvalue weighted by atomic mass is 79.9. The van der Waals surface area contributed by atoms with Crippen LogP contribution in [0.5, 0.6) is 0 Å². The zero-order valence-electron chi connectivity index (χ0n) is 13.7. The molecule has 0 amide bonds. The van der Waals surface area contributed by atoms with Crippen LogP contribution in [-0.2, 0) is 38.1 Å². The molecule has 1 saturated heterocycles. The highest BCUT2D eigenvalue weighted by Crippen LogP contribution is 2.36. The van der Waals surface area contributed by atoms with Crippen molar-refractivity contribution in [2.24, 2.45) is 0 Å². The lowest BCUT2D eigenvalue weighted by Gasteiger charge is -2.26. The van der Waals surface area contributed by atoms with Gasteiger partial charge in [-0.2, -0.15) is 0 Å². The first-order valence-electron chi connectivity index (χ1n) is 7.33. The second-order valence-electron chi connectivity index (χ2n) is 5.86. The van der Waals surface area contributed by atoms with Crippen molar-refractivity contribution in [3.05, 3.63) is 11.8 Å². The minimum atomic E-state index is -0.958. The molecule has 4 atom stereocenters. The fraction of sp³-hybridized carbons (Fsp3) is 0.667. The number of cyclic esters (lactones) is 1. The molecule has 0 N–H and O–H groups in total. The fourth-order valence-electron chi connectivity index (χ4n) is 2.58. The second-order valence-corrected chi connectivity index (χ2v) is 6.51. The topological polar surface area (TPSA) is 97.4 Å². The summed E-state index contributed by atoms with van der Waals surface area (Å²) in [6.07, 6.45) is -1.49. The summed E-state index contributed by atoms with van der Waals surface area (Å²) in [5, 5.41) is 0.314. The molecular formula is C15H19BrO8. The fourth-order valence-corrected chi connectivity index (χ4v) is 3.08. The third-order valence-electron chi connectivity index (χ3n) is 3.34. The van der Waals surface area contributed by atoms with Gasteiger partial charge in [0.25, 0.3) is 0 Å². The van der Waals surface area contributed by atoms with Crippen LogP contribution in [-0.4, -0.2) is 53.4 Å². The molecule has 0 saturated carbocycles. The Bertz CT molecular complexity index is 570. The van der Waals surface area contributed by atoms with Crippen LogP contribution in [0.15, 0.2) is 11.8 Å². The first kappa shape index (κ1) is 18.9. The zero-order valence-corrected chi connectivity index (χ0v) is 15.3. The van der Waals surface area contributed by atoms with Crippen LogP contribution in [0.2, 0.25) is 0 Å². The van der Waals surface area contributed by atoms with E-state index >= 15 is 0 Å². The van der Waals surface area contributed by atoms with Gasteiger partial charge in [0.15, 0.2) is 11.9 Å². The predicted molar refractivity (Wildman–Crippen MR) is 82.9 cm³/mol. The molecule has 8 nitrogen and oxygen atoms in total. The van der Waals surface area contributed by atoms with Crippen molar-refractivity contribution in [3.63, 3.8) is 0 Å². The Labute approximate surface area is 147 Å². The molecule has 0 aromatic rings. The van der Waals surface area contributed by atoms with Crippen LogP contribution in [0, 0.1) is 0 Å². The van der Waals surface area contributed by atoms with Crippen LogP contribution < -0.4 is 0 Å². The standard InChI is InChI=1S/C15H19BrO8/c1-7(17)20-10-5-9(22-14(10)19)12-13(24-15(3,4)23-12)11(6-16)21-8(2)18/h5,9,11-13H,6H2,1-4H3/t9-,11+,12+,13+/m0/s1. The molecule has 134 valence electrons. The molecule has 9 heteroatoms. The highest BCUT2D eigenvalue weighted by molar-refractivity contribution is 9.09. The molecule has 0 spiro atoms. The maximum absolute atomic E-state index is 11.8. The molecule has 24 heavy (non-hydrogen) atoms. The summed E-state index contributed by atoms with van der Waals surface area (Å²) >= 11 is 3.28. The van der Waals surface area contributed by atoms with Crippen molar-refractivity contribution < 1.29 is 38.1 Å². The molecule has 0 aromatic carbocycles. The summed E-state index contributed by atoms with van der Waals surface area (Å²) in [6.45, 7) is 5.88. The van der Waals surface area contributed by atoms with Gasteiger partial charge < -0.3 is 23.7 Å². The molecule has 0 bridgehead atoms. The van der Waals surface area contributed by atoms with Gasteiger partial charge in [-0.15, -0.1) is 0 Å². The van der Waals surface area contributed by atoms with Gasteiger partial charge in [0.1, 0.15) is 18.3 Å². The first-order valence-corrected chi connectivity index (χ1v) is 8.45. The van der Waals surface area contributed by atoms with E-state index in [2.05, 4.69) is 15.9 Å². The Morgan fingerprint density at radius 1 is 1.29 bits per heavy atom. The van der Waals surface area contributed by atoms with Crippen LogP contribution >= 0.6 is 15.9 Å². The average molecular weight is 407 g/mol. The number of esters is 3. The number of rotatable bonds is 5. The van der Waals surface area contributed by atoms with E-state index in [1.807, 2.05) is 0 Å². The molecule has 2 rings (SSSR count). The van der Waals surface area contributed by atoms with Gasteiger partial charge in [-0.3, -0.25) is 9.59 Å². The normalized spacial score (nSPS) is 29.6. The Hall–Kier alpha value is -1.45. The number of ether oxygens (including phenoxy) is 5. The van der Waals surface area contributed by atoms with Crippen LogP contribution in [0.4, 0.5) is 0 Å². The van der Waals surface area contributed by atoms with Crippen molar-refractivity contribution >= 4 is 33.8 Å². The van der Waals surface area contributed by atoms with E-state index in [1.54, 1.807) is 13.8 Å². The predicted octanol–water partition coefficient (Wildman–Crippen LogP) is 1.21. The van der Waals surface area contributed by atoms with Crippen molar-refractivity contribution in [1.29, 1.82) is 0 Å². The maximum atomic E-state index is 11.8. The second kappa shape index (κ2) is 7.20. The summed E-state index contributed by atoms with van der Waals surface area (Å²) in [4.78, 5) is 34.1. The monoisotopic (exact) mass is 406 g/mol. The Kier molecular flexibility index (Phi) is 5.67. The van der Waals surface area contributed by atoms with E-state index in [-0.39, 0.29) is 5.76 Å². The van der Waals surface area contributed by atoms with Crippen LogP contribution in [0.1, 0.15) is 27.7 Å². The SMILES string of the molecule is CC(=O)OC1=C[C@@H]([C@H]2OC(C)(C)O[C@@H]2[C@@H](CBr)OC(C)=O)OC1=O. The Balaban J connectivity index is 2.22. The third kappa shape index (κ3) is 4.34. The molecule has 2 heterocycles. The largest absolute Gasteiger partial charge is 0.459 e. The van der Waals surface area contributed by atoms with Crippen LogP contribution in [0.25, 0.3) is 0 Å². The number of carbonyl (C=O) groups excluding carboxylic acids is 3. The van der Waals surface area contributed by atoms with Gasteiger partial charge in [0.2, 0.25) is 5.76 Å². The number of halogens is 1. The molecule has 0 aromatic heterocycles. The summed E-state index contributed by atoms with van der Waals surface area (Å²) in [6, 6.07) is 0. The van der Waals surface area contributed by atoms with E-state index in [4.69, 9.17) is 23.7 Å². The molecular weight excluding hydrogens is 388 g/mol. The van der Waals surface area contributed by atoms with E-state index in [1.165, 1.54) is 19.9 Å². The van der Waals surface area contributed by atoms with Crippen molar-refractivity contribution in [2.75, 3.05) is 5.33 Å². The lowest BCUT2D eigenvalue weighted by molar-refractivity contribution is -0.169. The van der Waals surface area contributed by atoms with Gasteiger partial charge >= 0.3 is 17.9 Å². The smallest absolute Gasteiger partial charge is 0.374 e. The van der Waals surface area contributed by atoms with E-state index in [0.717, 1.165) is 0 Å². The first-order chi connectivity index (χ1) is 11.1. The van der Waals surface area contributed by atoms with Gasteiger partial charge in [-0.25, -0.2) is 4.79 Å². The highest BCUT2D eigenvalue weighted by Gasteiger charge is 2.52. The maximum Gasteiger partial charge on any atom is 0.374 e. The van der Waals surface area contributed by atoms with E-state index in [9.17, 15) is 14.4 Å². The third-order valence-corrected chi connectivity index (χ3v) is 3.98. The summed E-state index contributed by atoms with van der Waals surface area (Å²) in [5.41, 5.74) is 0. The van der Waals surface area contributed by atoms with Crippen LogP contribution in [0.3, 0.4) is 0 Å². The van der Waals surface area contributed by atoms with Gasteiger partial charge in [0.05, 0.1) is 0 Å². The molecule has 0 unspecified atom stereocenters. The Morgan fingerprint density at radius 3 is 2.50 bits per heavy atom. The summed E-state index contributed by atoms with van der Waals surface area (Å²) in [5.74, 6) is -3.00. The number of carbonyl (C=O) groups is 3. The lowest BCUT2D eigenvalue weighted by Crippen LogP contribution is -2.44. The summed E-state index contributed by atoms with van der Waals surface area (Å²) in [7, 11) is 0. The minimum absolute atomic E-state index is 0.192. The zero-order chi connectivity index (χ0) is 18.1. The number of alkyl halides is 1. The van der Waals surface area contributed by atoms with Crippen molar-refractivity contribution in [1.82, 2.24) is 0 Å². The molecule has 0 aliphatic carbocycles. The molecule has 0 radical (unpaired) electrons. The minimum Gasteiger partial charge on any atom is -0.459 e. The van der Waals surface area contributed by atoms with Crippen molar-refractivity contribution in [3.8, 4) is 0 Å². The number of hydrogen-bond donors (Lipinski definition) is 0. The van der Waals surface area contributed by atoms with E-state index in [0.29, 0.717) is 5.33 Å². The quantitative estimate of drug-likeness (QED) is 0.381. The molecule has 2 aliphatic heterocycles. The lowest BCUT2D eigenvalue weighted by atomic mass is 10.0. The summed E-state index contributed by atoms with van der Waals surface area (Å²) < 4.78 is 26.9. The van der Waals surface area contributed by atoms with Crippen molar-refractivity contribution in [2.45, 2.75) is 57.9 Å². The Morgan fingerprint density at radius 2 is 1.96 bits per heavy atom. The number of hydrogen-bond acceptors (Lipinski definition) is 8. The van der Waals surface area contributed by atoms with Gasteiger partial charge in [-0.1, -0.05) is 15.9 Å². The average Bonchev–Trinajstić information content (AvgIpc) is 2.96. The molecule has 1 fully saturated rings. The molecule has 2 aliphatic rings.